The minimum absolute atomic E-state index is 0.0175. The molecule has 1 unspecified atom stereocenters. The molecule has 3 aromatic heterocycles. The highest BCUT2D eigenvalue weighted by Crippen LogP contribution is 2.69. The van der Waals surface area contributed by atoms with Gasteiger partial charge in [-0.05, 0) is 58.6 Å². The van der Waals surface area contributed by atoms with Crippen LogP contribution in [0.2, 0.25) is 0 Å². The van der Waals surface area contributed by atoms with Crippen LogP contribution in [0, 0.1) is 18.2 Å². The van der Waals surface area contributed by atoms with Crippen molar-refractivity contribution in [3.05, 3.63) is 23.1 Å². The molecule has 48 heavy (non-hydrogen) atoms. The number of fused-ring (bicyclic) bond motifs is 6. The summed E-state index contributed by atoms with van der Waals surface area (Å²) >= 11 is 0. The minimum Gasteiger partial charge on any atom is -0.472 e. The maximum Gasteiger partial charge on any atom is 0.418 e. The zero-order valence-electron chi connectivity index (χ0n) is 26.3. The molecule has 0 radical (unpaired) electrons. The Balaban J connectivity index is 1.21. The summed E-state index contributed by atoms with van der Waals surface area (Å²) in [6.07, 6.45) is -2.00. The second kappa shape index (κ2) is 9.73. The van der Waals surface area contributed by atoms with Crippen LogP contribution in [0.25, 0.3) is 22.2 Å². The largest absolute Gasteiger partial charge is 0.472 e. The zero-order valence-corrected chi connectivity index (χ0v) is 26.3. The van der Waals surface area contributed by atoms with Gasteiger partial charge in [0.25, 0.3) is 5.92 Å². The fourth-order valence-corrected chi connectivity index (χ4v) is 9.42. The standard InChI is InChI=1S/C32H34F6N8O2/c1-14-21(32(36,37)38)17(8-19(39)40-14)23-22(33)24-20-26(46-9-16-4-5-18(41-16)25(46)15(2)48-27(20)42-23)44-28(43-24)47-13-30-6-3-7-45(30)12-29(10-30)11-31(29,34)35/h8,15-16,18,25,41H,3-7,9-13H2,1-2H3,(H2,39,40)/t15-,16+,18-,25+,29?,30-/m0/s1. The minimum atomic E-state index is -4.90. The first-order valence-corrected chi connectivity index (χ1v) is 16.4. The smallest absolute Gasteiger partial charge is 0.418 e. The van der Waals surface area contributed by atoms with Gasteiger partial charge in [-0.15, -0.1) is 0 Å². The molecule has 6 aliphatic rings. The van der Waals surface area contributed by atoms with Crippen LogP contribution >= 0.6 is 0 Å². The molecule has 0 amide bonds. The number of rotatable bonds is 4. The monoisotopic (exact) mass is 676 g/mol. The van der Waals surface area contributed by atoms with Crippen LogP contribution in [0.4, 0.5) is 38.0 Å². The number of anilines is 2. The van der Waals surface area contributed by atoms with Crippen molar-refractivity contribution in [2.75, 3.05) is 36.9 Å². The van der Waals surface area contributed by atoms with Crippen molar-refractivity contribution >= 4 is 22.5 Å². The number of nitrogens with one attached hydrogen (secondary N) is 1. The van der Waals surface area contributed by atoms with Crippen molar-refractivity contribution in [3.63, 3.8) is 0 Å². The van der Waals surface area contributed by atoms with Crippen LogP contribution in [0.1, 0.15) is 56.7 Å². The second-order valence-electron chi connectivity index (χ2n) is 14.6. The lowest BCUT2D eigenvalue weighted by Gasteiger charge is -2.42. The Bertz CT molecular complexity index is 1880. The summed E-state index contributed by atoms with van der Waals surface area (Å²) in [6.45, 7) is 4.50. The molecule has 1 saturated carbocycles. The highest BCUT2D eigenvalue weighted by Gasteiger charge is 2.77. The summed E-state index contributed by atoms with van der Waals surface area (Å²) in [5, 5.41) is 3.74. The van der Waals surface area contributed by atoms with E-state index in [-0.39, 0.29) is 72.7 Å². The third kappa shape index (κ3) is 4.26. The van der Waals surface area contributed by atoms with Crippen molar-refractivity contribution in [3.8, 4) is 23.1 Å². The lowest BCUT2D eigenvalue weighted by molar-refractivity contribution is -0.137. The number of halogens is 6. The normalized spacial score (nSPS) is 33.1. The Labute approximate surface area is 271 Å². The molecule has 5 aliphatic heterocycles. The van der Waals surface area contributed by atoms with Crippen molar-refractivity contribution in [1.29, 1.82) is 0 Å². The Hall–Kier alpha value is -3.66. The molecule has 2 bridgehead atoms. The number of aryl methyl sites for hydroxylation is 1. The van der Waals surface area contributed by atoms with E-state index >= 15 is 4.39 Å². The van der Waals surface area contributed by atoms with E-state index in [9.17, 15) is 22.0 Å². The average molecular weight is 677 g/mol. The predicted octanol–water partition coefficient (Wildman–Crippen LogP) is 4.87. The maximum atomic E-state index is 16.8. The van der Waals surface area contributed by atoms with Gasteiger partial charge in [0.05, 0.1) is 28.3 Å². The number of nitrogens with two attached hydrogens (primary N) is 1. The molecule has 256 valence electrons. The van der Waals surface area contributed by atoms with Gasteiger partial charge in [0.15, 0.2) is 5.82 Å². The molecule has 8 heterocycles. The van der Waals surface area contributed by atoms with Crippen molar-refractivity contribution in [1.82, 2.24) is 30.2 Å². The predicted molar refractivity (Wildman–Crippen MR) is 161 cm³/mol. The van der Waals surface area contributed by atoms with Crippen molar-refractivity contribution < 1.29 is 35.8 Å². The first-order valence-electron chi connectivity index (χ1n) is 16.4. The highest BCUT2D eigenvalue weighted by atomic mass is 19.4. The number of nitrogen functional groups attached to an aromatic ring is 1. The number of alkyl halides is 5. The van der Waals surface area contributed by atoms with Gasteiger partial charge in [-0.2, -0.15) is 23.1 Å². The van der Waals surface area contributed by atoms with E-state index in [1.165, 1.54) is 0 Å². The summed E-state index contributed by atoms with van der Waals surface area (Å²) in [6, 6.07) is 0.667. The lowest BCUT2D eigenvalue weighted by Crippen LogP contribution is -2.62. The van der Waals surface area contributed by atoms with Crippen LogP contribution in [-0.4, -0.2) is 86.8 Å². The summed E-state index contributed by atoms with van der Waals surface area (Å²) in [5.74, 6) is -3.86. The van der Waals surface area contributed by atoms with Crippen LogP contribution in [-0.2, 0) is 6.18 Å². The topological polar surface area (TPSA) is 115 Å². The van der Waals surface area contributed by atoms with E-state index in [2.05, 4.69) is 25.2 Å². The summed E-state index contributed by atoms with van der Waals surface area (Å²) in [4.78, 5) is 21.5. The number of pyridine rings is 2. The first-order chi connectivity index (χ1) is 22.7. The van der Waals surface area contributed by atoms with Gasteiger partial charge in [-0.25, -0.2) is 23.1 Å². The average Bonchev–Trinajstić information content (AvgIpc) is 3.32. The molecule has 1 aliphatic carbocycles. The molecule has 3 aromatic rings. The molecule has 1 spiro atoms. The van der Waals surface area contributed by atoms with Gasteiger partial charge >= 0.3 is 12.2 Å². The number of ether oxygens (including phenoxy) is 2. The summed E-state index contributed by atoms with van der Waals surface area (Å²) in [7, 11) is 0. The van der Waals surface area contributed by atoms with E-state index in [0.29, 0.717) is 25.3 Å². The summed E-state index contributed by atoms with van der Waals surface area (Å²) in [5.41, 5.74) is 1.03. The van der Waals surface area contributed by atoms with Gasteiger partial charge in [0, 0.05) is 37.2 Å². The van der Waals surface area contributed by atoms with Crippen molar-refractivity contribution in [2.24, 2.45) is 5.41 Å². The van der Waals surface area contributed by atoms with E-state index in [1.54, 1.807) is 0 Å². The summed E-state index contributed by atoms with van der Waals surface area (Å²) < 4.78 is 102. The number of hydrogen-bond acceptors (Lipinski definition) is 10. The van der Waals surface area contributed by atoms with Crippen LogP contribution in [0.15, 0.2) is 6.07 Å². The first kappa shape index (κ1) is 30.4. The molecule has 4 saturated heterocycles. The van der Waals surface area contributed by atoms with E-state index in [0.717, 1.165) is 32.3 Å². The number of piperazine rings is 1. The maximum absolute atomic E-state index is 16.8. The number of nitrogens with zero attached hydrogens (tertiary/aromatic N) is 6. The molecule has 9 rings (SSSR count). The molecule has 0 aromatic carbocycles. The van der Waals surface area contributed by atoms with Crippen LogP contribution < -0.4 is 25.4 Å². The van der Waals surface area contributed by atoms with E-state index in [1.807, 2.05) is 11.8 Å². The van der Waals surface area contributed by atoms with Crippen LogP contribution in [0.5, 0.6) is 11.9 Å². The van der Waals surface area contributed by atoms with Gasteiger partial charge in [0.2, 0.25) is 5.88 Å². The van der Waals surface area contributed by atoms with Gasteiger partial charge in [-0.3, -0.25) is 4.90 Å². The lowest BCUT2D eigenvalue weighted by atomic mass is 9.89. The van der Waals surface area contributed by atoms with Gasteiger partial charge < -0.3 is 25.4 Å². The van der Waals surface area contributed by atoms with Crippen LogP contribution in [0.3, 0.4) is 0 Å². The Morgan fingerprint density at radius 1 is 1.15 bits per heavy atom. The Morgan fingerprint density at radius 3 is 2.69 bits per heavy atom. The fourth-order valence-electron chi connectivity index (χ4n) is 9.42. The second-order valence-corrected chi connectivity index (χ2v) is 14.6. The van der Waals surface area contributed by atoms with Crippen molar-refractivity contribution in [2.45, 2.75) is 94.2 Å². The van der Waals surface area contributed by atoms with E-state index in [4.69, 9.17) is 20.2 Å². The Kier molecular flexibility index (Phi) is 6.17. The molecule has 5 fully saturated rings. The molecule has 3 N–H and O–H groups in total. The van der Waals surface area contributed by atoms with Gasteiger partial charge in [-0.1, -0.05) is 0 Å². The zero-order chi connectivity index (χ0) is 33.5. The molecular weight excluding hydrogens is 642 g/mol. The third-order valence-electron chi connectivity index (χ3n) is 11.6. The quantitative estimate of drug-likeness (QED) is 0.371. The number of aromatic nitrogens is 4. The fraction of sp³-hybridized carbons (Fsp3) is 0.625. The highest BCUT2D eigenvalue weighted by molar-refractivity contribution is 5.97. The van der Waals surface area contributed by atoms with E-state index < -0.39 is 57.5 Å². The molecule has 10 nitrogen and oxygen atoms in total. The molecular formula is C32H34F6N8O2. The number of hydrogen-bond donors (Lipinski definition) is 2. The SMILES string of the molecule is Cc1nc(N)cc(-c2nc3c4c(nc(OC[C@@]56CCCN5CC5(CC5(F)F)C6)nc4c2F)N2C[C@H]4CC[C@H](N4)[C@H]2[C@H](C)O3)c1C(F)(F)F. The van der Waals surface area contributed by atoms with Gasteiger partial charge in [0.1, 0.15) is 40.9 Å². The molecule has 16 heteroatoms. The molecule has 6 atom stereocenters. The third-order valence-corrected chi connectivity index (χ3v) is 11.6. The Morgan fingerprint density at radius 2 is 1.94 bits per heavy atom.